The summed E-state index contributed by atoms with van der Waals surface area (Å²) in [6.07, 6.45) is 3.00. The van der Waals surface area contributed by atoms with Gasteiger partial charge in [0.05, 0.1) is 27.5 Å². The number of nitrogens with two attached hydrogens (primary N) is 1. The Hall–Kier alpha value is -2.42. The molecule has 0 amide bonds. The minimum atomic E-state index is -0.673. The van der Waals surface area contributed by atoms with Gasteiger partial charge in [0.2, 0.25) is 11.7 Å². The van der Waals surface area contributed by atoms with Crippen LogP contribution in [-0.4, -0.2) is 25.9 Å². The zero-order chi connectivity index (χ0) is 14.9. The molecule has 1 aromatic heterocycles. The van der Waals surface area contributed by atoms with Crippen LogP contribution >= 0.6 is 15.9 Å². The van der Waals surface area contributed by atoms with E-state index in [0.717, 1.165) is 0 Å². The van der Waals surface area contributed by atoms with Crippen LogP contribution in [0.4, 0.5) is 11.6 Å². The van der Waals surface area contributed by atoms with Gasteiger partial charge in [0, 0.05) is 11.6 Å². The molecule has 9 heteroatoms. The molecular formula is C11H10BrN5O3. The molecule has 0 saturated carbocycles. The maximum atomic E-state index is 10.8. The zero-order valence-corrected chi connectivity index (χ0v) is 11.9. The van der Waals surface area contributed by atoms with Crippen LogP contribution in [0.1, 0.15) is 11.3 Å². The average molecular weight is 340 g/mol. The monoisotopic (exact) mass is 339 g/mol. The number of rotatable bonds is 3. The molecule has 104 valence electrons. The highest BCUT2D eigenvalue weighted by atomic mass is 79.9. The Kier molecular flexibility index (Phi) is 3.70. The van der Waals surface area contributed by atoms with E-state index in [9.17, 15) is 15.2 Å². The minimum Gasteiger partial charge on any atom is -0.501 e. The number of aromatic nitrogens is 2. The smallest absolute Gasteiger partial charge is 0.312 e. The first-order chi connectivity index (χ1) is 9.38. The molecule has 0 aliphatic carbocycles. The lowest BCUT2D eigenvalue weighted by atomic mass is 10.2. The molecule has 8 nitrogen and oxygen atoms in total. The van der Waals surface area contributed by atoms with Crippen molar-refractivity contribution in [2.75, 3.05) is 5.73 Å². The first kappa shape index (κ1) is 14.0. The van der Waals surface area contributed by atoms with Gasteiger partial charge in [0.25, 0.3) is 0 Å². The number of nitro groups is 1. The number of phenolic OH excluding ortho intramolecular Hbond substituents is 1. The molecule has 20 heavy (non-hydrogen) atoms. The third-order valence-corrected chi connectivity index (χ3v) is 3.03. The first-order valence-electron chi connectivity index (χ1n) is 5.41. The number of anilines is 1. The summed E-state index contributed by atoms with van der Waals surface area (Å²) in [5, 5.41) is 24.4. The Morgan fingerprint density at radius 2 is 2.30 bits per heavy atom. The topological polar surface area (TPSA) is 120 Å². The van der Waals surface area contributed by atoms with Crippen LogP contribution in [0.5, 0.6) is 5.75 Å². The summed E-state index contributed by atoms with van der Waals surface area (Å²) >= 11 is 3.05. The van der Waals surface area contributed by atoms with Crippen molar-refractivity contribution in [1.29, 1.82) is 0 Å². The Morgan fingerprint density at radius 1 is 1.60 bits per heavy atom. The number of halogens is 1. The van der Waals surface area contributed by atoms with Crippen molar-refractivity contribution in [2.45, 2.75) is 6.92 Å². The van der Waals surface area contributed by atoms with Crippen molar-refractivity contribution >= 4 is 33.8 Å². The molecule has 2 aromatic rings. The fourth-order valence-electron chi connectivity index (χ4n) is 1.54. The molecule has 0 spiro atoms. The van der Waals surface area contributed by atoms with E-state index in [2.05, 4.69) is 26.0 Å². The van der Waals surface area contributed by atoms with Crippen molar-refractivity contribution in [3.05, 3.63) is 44.2 Å². The highest BCUT2D eigenvalue weighted by Gasteiger charge is 2.17. The van der Waals surface area contributed by atoms with Gasteiger partial charge in [-0.3, -0.25) is 10.1 Å². The number of nitrogens with zero attached hydrogens (tertiary/aromatic N) is 4. The maximum Gasteiger partial charge on any atom is 0.312 e. The molecule has 0 aliphatic heterocycles. The Labute approximate surface area is 121 Å². The van der Waals surface area contributed by atoms with Gasteiger partial charge >= 0.3 is 5.69 Å². The lowest BCUT2D eigenvalue weighted by molar-refractivity contribution is -0.386. The Balaban J connectivity index is 2.39. The lowest BCUT2D eigenvalue weighted by Gasteiger charge is -2.01. The second-order valence-corrected chi connectivity index (χ2v) is 4.81. The summed E-state index contributed by atoms with van der Waals surface area (Å²) in [7, 11) is 0. The van der Waals surface area contributed by atoms with Crippen LogP contribution in [0.25, 0.3) is 0 Å². The molecule has 0 atom stereocenters. The number of phenols is 1. The average Bonchev–Trinajstić information content (AvgIpc) is 2.68. The highest BCUT2D eigenvalue weighted by molar-refractivity contribution is 9.10. The van der Waals surface area contributed by atoms with E-state index in [1.165, 1.54) is 23.0 Å². The van der Waals surface area contributed by atoms with Gasteiger partial charge in [-0.15, -0.1) is 0 Å². The second-order valence-electron chi connectivity index (χ2n) is 3.96. The molecule has 0 bridgehead atoms. The normalized spacial score (nSPS) is 11.1. The fourth-order valence-corrected chi connectivity index (χ4v) is 2.01. The van der Waals surface area contributed by atoms with Crippen LogP contribution in [-0.2, 0) is 0 Å². The molecule has 1 heterocycles. The predicted molar refractivity (Wildman–Crippen MR) is 76.8 cm³/mol. The number of imidazole rings is 1. The van der Waals surface area contributed by atoms with E-state index >= 15 is 0 Å². The summed E-state index contributed by atoms with van der Waals surface area (Å²) in [5.41, 5.74) is 6.35. The van der Waals surface area contributed by atoms with E-state index < -0.39 is 16.4 Å². The molecule has 0 fully saturated rings. The van der Waals surface area contributed by atoms with Crippen LogP contribution in [0.3, 0.4) is 0 Å². The summed E-state index contributed by atoms with van der Waals surface area (Å²) < 4.78 is 1.56. The van der Waals surface area contributed by atoms with E-state index in [1.807, 2.05) is 0 Å². The number of hydrogen-bond acceptors (Lipinski definition) is 6. The number of aromatic hydroxyl groups is 1. The second kappa shape index (κ2) is 5.29. The number of benzene rings is 1. The van der Waals surface area contributed by atoms with Crippen LogP contribution in [0.15, 0.2) is 27.9 Å². The quantitative estimate of drug-likeness (QED) is 0.503. The van der Waals surface area contributed by atoms with Crippen LogP contribution < -0.4 is 5.73 Å². The zero-order valence-electron chi connectivity index (χ0n) is 10.3. The molecule has 1 aromatic carbocycles. The molecular weight excluding hydrogens is 330 g/mol. The van der Waals surface area contributed by atoms with Gasteiger partial charge in [-0.25, -0.2) is 9.66 Å². The number of hydrogen-bond donors (Lipinski definition) is 2. The minimum absolute atomic E-state index is 0.211. The van der Waals surface area contributed by atoms with Gasteiger partial charge in [0.15, 0.2) is 0 Å². The fraction of sp³-hybridized carbons (Fsp3) is 0.0909. The molecule has 0 saturated heterocycles. The summed E-state index contributed by atoms with van der Waals surface area (Å²) in [4.78, 5) is 14.1. The van der Waals surface area contributed by atoms with Gasteiger partial charge < -0.3 is 10.8 Å². The molecule has 0 radical (unpaired) electrons. The van der Waals surface area contributed by atoms with Crippen LogP contribution in [0, 0.1) is 17.0 Å². The van der Waals surface area contributed by atoms with Crippen molar-refractivity contribution < 1.29 is 10.0 Å². The summed E-state index contributed by atoms with van der Waals surface area (Å²) in [6, 6.07) is 2.72. The number of nitrogen functional groups attached to an aromatic ring is 1. The lowest BCUT2D eigenvalue weighted by Crippen LogP contribution is -1.97. The van der Waals surface area contributed by atoms with Crippen molar-refractivity contribution in [3.63, 3.8) is 0 Å². The van der Waals surface area contributed by atoms with Gasteiger partial charge in [0.1, 0.15) is 0 Å². The summed E-state index contributed by atoms with van der Waals surface area (Å²) in [5.74, 6) is -0.212. The standard InChI is InChI=1S/C11H10BrN5O3/c1-6-5-16(11(13)15-6)14-4-7-2-8(12)10(18)9(3-7)17(19)20/h2-5,18H,1H3,(H2,13,15). The number of nitro benzene ring substituents is 1. The number of aryl methyl sites for hydroxylation is 1. The molecule has 3 N–H and O–H groups in total. The summed E-state index contributed by atoms with van der Waals surface area (Å²) in [6.45, 7) is 1.77. The molecule has 2 rings (SSSR count). The van der Waals surface area contributed by atoms with Crippen molar-refractivity contribution in [2.24, 2.45) is 5.10 Å². The van der Waals surface area contributed by atoms with E-state index in [1.54, 1.807) is 13.1 Å². The van der Waals surface area contributed by atoms with E-state index in [-0.39, 0.29) is 10.4 Å². The maximum absolute atomic E-state index is 10.8. The Morgan fingerprint density at radius 3 is 2.85 bits per heavy atom. The van der Waals surface area contributed by atoms with Gasteiger partial charge in [-0.1, -0.05) is 0 Å². The first-order valence-corrected chi connectivity index (χ1v) is 6.20. The SMILES string of the molecule is Cc1cn(N=Cc2cc(Br)c(O)c([N+](=O)[O-])c2)c(N)n1. The van der Waals surface area contributed by atoms with E-state index in [0.29, 0.717) is 11.3 Å². The Bertz CT molecular complexity index is 710. The van der Waals surface area contributed by atoms with Crippen molar-refractivity contribution in [1.82, 2.24) is 9.66 Å². The third-order valence-electron chi connectivity index (χ3n) is 2.43. The highest BCUT2D eigenvalue weighted by Crippen LogP contribution is 2.34. The van der Waals surface area contributed by atoms with Crippen molar-refractivity contribution in [3.8, 4) is 5.75 Å². The third kappa shape index (κ3) is 2.77. The molecule has 0 unspecified atom stereocenters. The van der Waals surface area contributed by atoms with E-state index in [4.69, 9.17) is 5.73 Å². The molecule has 0 aliphatic rings. The largest absolute Gasteiger partial charge is 0.501 e. The van der Waals surface area contributed by atoms with Gasteiger partial charge in [-0.05, 0) is 28.9 Å². The van der Waals surface area contributed by atoms with Crippen LogP contribution in [0.2, 0.25) is 0 Å². The van der Waals surface area contributed by atoms with Gasteiger partial charge in [-0.2, -0.15) is 5.10 Å². The predicted octanol–water partition coefficient (Wildman–Crippen LogP) is 2.03.